The Balaban J connectivity index is 1.58. The number of hydrogen-bond acceptors (Lipinski definition) is 5. The molecule has 0 aliphatic carbocycles. The normalized spacial score (nSPS) is 16.0. The van der Waals surface area contributed by atoms with E-state index >= 15 is 0 Å². The van der Waals surface area contributed by atoms with Crippen LogP contribution in [0.5, 0.6) is 5.19 Å². The van der Waals surface area contributed by atoms with Crippen molar-refractivity contribution in [3.05, 3.63) is 40.4 Å². The van der Waals surface area contributed by atoms with Crippen molar-refractivity contribution in [2.24, 2.45) is 0 Å². The van der Waals surface area contributed by atoms with E-state index in [1.54, 1.807) is 17.6 Å². The number of carbonyl (C=O) groups excluding carboxylic acids is 1. The summed E-state index contributed by atoms with van der Waals surface area (Å²) in [6.45, 7) is 1.32. The zero-order chi connectivity index (χ0) is 14.7. The van der Waals surface area contributed by atoms with Gasteiger partial charge in [0.05, 0.1) is 10.6 Å². The highest BCUT2D eigenvalue weighted by molar-refractivity contribution is 7.11. The van der Waals surface area contributed by atoms with Crippen LogP contribution >= 0.6 is 22.9 Å². The summed E-state index contributed by atoms with van der Waals surface area (Å²) in [6.07, 6.45) is 1.67. The second kappa shape index (κ2) is 6.41. The third kappa shape index (κ3) is 3.33. The number of ether oxygens (including phenoxy) is 1. The smallest absolute Gasteiger partial charge is 0.294 e. The van der Waals surface area contributed by atoms with E-state index < -0.39 is 0 Å². The largest absolute Gasteiger partial charge is 0.465 e. The van der Waals surface area contributed by atoms with Crippen molar-refractivity contribution < 1.29 is 9.53 Å². The molecule has 21 heavy (non-hydrogen) atoms. The Hall–Kier alpha value is -1.66. The van der Waals surface area contributed by atoms with Crippen LogP contribution in [0.1, 0.15) is 23.2 Å². The first-order valence-corrected chi connectivity index (χ1v) is 7.96. The van der Waals surface area contributed by atoms with Crippen molar-refractivity contribution in [1.29, 1.82) is 0 Å². The predicted molar refractivity (Wildman–Crippen MR) is 80.9 cm³/mol. The van der Waals surface area contributed by atoms with Gasteiger partial charge in [0.15, 0.2) is 0 Å². The van der Waals surface area contributed by atoms with Gasteiger partial charge < -0.3 is 9.64 Å². The van der Waals surface area contributed by atoms with Crippen LogP contribution in [0.25, 0.3) is 0 Å². The third-order valence-corrected chi connectivity index (χ3v) is 4.35. The molecule has 1 amide bonds. The third-order valence-electron chi connectivity index (χ3n) is 3.44. The summed E-state index contributed by atoms with van der Waals surface area (Å²) in [6, 6.07) is 7.14. The van der Waals surface area contributed by atoms with E-state index in [0.717, 1.165) is 12.8 Å². The molecule has 3 rings (SSSR count). The maximum Gasteiger partial charge on any atom is 0.294 e. The summed E-state index contributed by atoms with van der Waals surface area (Å²) in [4.78, 5) is 14.2. The number of piperidine rings is 1. The van der Waals surface area contributed by atoms with Crippen LogP contribution in [0.15, 0.2) is 29.8 Å². The van der Waals surface area contributed by atoms with Gasteiger partial charge >= 0.3 is 0 Å². The highest BCUT2D eigenvalue weighted by Gasteiger charge is 2.26. The van der Waals surface area contributed by atoms with Crippen molar-refractivity contribution in [1.82, 2.24) is 15.1 Å². The minimum atomic E-state index is -0.0186. The van der Waals surface area contributed by atoms with E-state index in [2.05, 4.69) is 10.2 Å². The molecule has 2 heterocycles. The van der Waals surface area contributed by atoms with Gasteiger partial charge in [-0.1, -0.05) is 35.1 Å². The Morgan fingerprint density at radius 2 is 2.10 bits per heavy atom. The molecule has 2 aromatic rings. The molecular formula is C14H14ClN3O2S. The van der Waals surface area contributed by atoms with E-state index in [1.807, 2.05) is 17.0 Å². The van der Waals surface area contributed by atoms with Gasteiger partial charge in [-0.3, -0.25) is 4.79 Å². The Morgan fingerprint density at radius 3 is 2.76 bits per heavy atom. The van der Waals surface area contributed by atoms with Crippen LogP contribution in [0.2, 0.25) is 5.02 Å². The van der Waals surface area contributed by atoms with Crippen LogP contribution in [0.4, 0.5) is 0 Å². The van der Waals surface area contributed by atoms with Crippen LogP contribution in [-0.2, 0) is 0 Å². The first-order valence-electron chi connectivity index (χ1n) is 6.70. The fraction of sp³-hybridized carbons (Fsp3) is 0.357. The molecule has 110 valence electrons. The van der Waals surface area contributed by atoms with Gasteiger partial charge in [-0.2, -0.15) is 0 Å². The SMILES string of the molecule is O=C(c1ccccc1Cl)N1CCC(Oc2nncs2)CC1. The summed E-state index contributed by atoms with van der Waals surface area (Å²) in [5.41, 5.74) is 2.20. The standard InChI is InChI=1S/C14H14ClN3O2S/c15-12-4-2-1-3-11(12)13(19)18-7-5-10(6-8-18)20-14-17-16-9-21-14/h1-4,9-10H,5-8H2. The van der Waals surface area contributed by atoms with Crippen molar-refractivity contribution in [3.8, 4) is 5.19 Å². The van der Waals surface area contributed by atoms with Gasteiger partial charge in [0.2, 0.25) is 0 Å². The monoisotopic (exact) mass is 323 g/mol. The molecule has 1 aliphatic heterocycles. The Labute approximate surface area is 131 Å². The summed E-state index contributed by atoms with van der Waals surface area (Å²) in [5, 5.41) is 8.70. The summed E-state index contributed by atoms with van der Waals surface area (Å²) in [5.74, 6) is -0.0186. The van der Waals surface area contributed by atoms with Crippen molar-refractivity contribution in [2.45, 2.75) is 18.9 Å². The highest BCUT2D eigenvalue weighted by Crippen LogP contribution is 2.23. The van der Waals surface area contributed by atoms with Gasteiger partial charge in [0, 0.05) is 25.9 Å². The average Bonchev–Trinajstić information content (AvgIpc) is 3.01. The molecule has 1 aromatic heterocycles. The molecule has 1 saturated heterocycles. The topological polar surface area (TPSA) is 55.3 Å². The zero-order valence-corrected chi connectivity index (χ0v) is 12.8. The Morgan fingerprint density at radius 1 is 1.33 bits per heavy atom. The predicted octanol–water partition coefficient (Wildman–Crippen LogP) is 2.88. The number of carbonyl (C=O) groups is 1. The summed E-state index contributed by atoms with van der Waals surface area (Å²) >= 11 is 7.46. The van der Waals surface area contributed by atoms with E-state index in [0.29, 0.717) is 28.9 Å². The number of amides is 1. The van der Waals surface area contributed by atoms with Gasteiger partial charge in [-0.25, -0.2) is 0 Å². The maximum atomic E-state index is 12.4. The summed E-state index contributed by atoms with van der Waals surface area (Å²) < 4.78 is 5.73. The lowest BCUT2D eigenvalue weighted by Crippen LogP contribution is -2.41. The molecule has 0 atom stereocenters. The number of aromatic nitrogens is 2. The first kappa shape index (κ1) is 14.3. The van der Waals surface area contributed by atoms with Crippen molar-refractivity contribution >= 4 is 28.8 Å². The summed E-state index contributed by atoms with van der Waals surface area (Å²) in [7, 11) is 0. The molecule has 0 N–H and O–H groups in total. The zero-order valence-electron chi connectivity index (χ0n) is 11.2. The lowest BCUT2D eigenvalue weighted by atomic mass is 10.1. The first-order chi connectivity index (χ1) is 10.2. The molecule has 0 radical (unpaired) electrons. The van der Waals surface area contributed by atoms with Crippen LogP contribution in [0.3, 0.4) is 0 Å². The Kier molecular flexibility index (Phi) is 4.36. The molecule has 1 aliphatic rings. The van der Waals surface area contributed by atoms with Gasteiger partial charge in [0.1, 0.15) is 11.6 Å². The van der Waals surface area contributed by atoms with Gasteiger partial charge in [-0.15, -0.1) is 10.2 Å². The number of likely N-dealkylation sites (tertiary alicyclic amines) is 1. The molecule has 0 saturated carbocycles. The van der Waals surface area contributed by atoms with Crippen molar-refractivity contribution in [3.63, 3.8) is 0 Å². The maximum absolute atomic E-state index is 12.4. The molecule has 0 unspecified atom stereocenters. The number of benzene rings is 1. The van der Waals surface area contributed by atoms with Gasteiger partial charge in [0.25, 0.3) is 11.1 Å². The molecule has 1 aromatic carbocycles. The molecule has 7 heteroatoms. The van der Waals surface area contributed by atoms with E-state index in [-0.39, 0.29) is 12.0 Å². The van der Waals surface area contributed by atoms with E-state index in [9.17, 15) is 4.79 Å². The van der Waals surface area contributed by atoms with Crippen LogP contribution in [-0.4, -0.2) is 40.2 Å². The highest BCUT2D eigenvalue weighted by atomic mass is 35.5. The van der Waals surface area contributed by atoms with Crippen LogP contribution in [0, 0.1) is 0 Å². The molecular weight excluding hydrogens is 310 g/mol. The minimum Gasteiger partial charge on any atom is -0.465 e. The minimum absolute atomic E-state index is 0.0186. The number of halogens is 1. The van der Waals surface area contributed by atoms with Gasteiger partial charge in [-0.05, 0) is 12.1 Å². The fourth-order valence-corrected chi connectivity index (χ4v) is 3.03. The number of hydrogen-bond donors (Lipinski definition) is 0. The second-order valence-corrected chi connectivity index (χ2v) is 6.00. The second-order valence-electron chi connectivity index (χ2n) is 4.79. The van der Waals surface area contributed by atoms with Crippen molar-refractivity contribution in [2.75, 3.05) is 13.1 Å². The van der Waals surface area contributed by atoms with Crippen LogP contribution < -0.4 is 4.74 Å². The molecule has 5 nitrogen and oxygen atoms in total. The molecule has 1 fully saturated rings. The quantitative estimate of drug-likeness (QED) is 0.871. The molecule has 0 bridgehead atoms. The lowest BCUT2D eigenvalue weighted by molar-refractivity contribution is 0.0594. The van der Waals surface area contributed by atoms with E-state index in [4.69, 9.17) is 16.3 Å². The average molecular weight is 324 g/mol. The molecule has 0 spiro atoms. The lowest BCUT2D eigenvalue weighted by Gasteiger charge is -2.31. The van der Waals surface area contributed by atoms with E-state index in [1.165, 1.54) is 11.3 Å². The number of nitrogens with zero attached hydrogens (tertiary/aromatic N) is 3. The number of rotatable bonds is 3. The fourth-order valence-electron chi connectivity index (χ4n) is 2.34. The Bertz CT molecular complexity index is 612.